The van der Waals surface area contributed by atoms with Crippen LogP contribution in [0.25, 0.3) is 0 Å². The molecule has 5 nitrogen and oxygen atoms in total. The Morgan fingerprint density at radius 2 is 1.85 bits per heavy atom. The maximum Gasteiger partial charge on any atom is 0.301 e. The number of nitrogens with one attached hydrogen (secondary N) is 1. The van der Waals surface area contributed by atoms with Gasteiger partial charge in [-0.05, 0) is 24.3 Å². The van der Waals surface area contributed by atoms with Crippen LogP contribution in [0.4, 0.5) is 13.2 Å². The van der Waals surface area contributed by atoms with E-state index in [-0.39, 0.29) is 11.6 Å². The van der Waals surface area contributed by atoms with E-state index in [1.807, 2.05) is 0 Å². The van der Waals surface area contributed by atoms with Gasteiger partial charge in [0.2, 0.25) is 0 Å². The summed E-state index contributed by atoms with van der Waals surface area (Å²) >= 11 is 5.82. The van der Waals surface area contributed by atoms with E-state index in [0.29, 0.717) is 5.69 Å². The highest BCUT2D eigenvalue weighted by atomic mass is 35.5. The van der Waals surface area contributed by atoms with Crippen molar-refractivity contribution in [3.8, 4) is 0 Å². The lowest BCUT2D eigenvalue weighted by atomic mass is 10.1. The smallest absolute Gasteiger partial charge is 0.261 e. The minimum Gasteiger partial charge on any atom is -0.261 e. The van der Waals surface area contributed by atoms with Crippen molar-refractivity contribution >= 4 is 23.0 Å². The molecule has 9 heteroatoms. The second kappa shape index (κ2) is 7.51. The van der Waals surface area contributed by atoms with E-state index in [9.17, 15) is 8.78 Å². The van der Waals surface area contributed by atoms with Crippen LogP contribution in [0.2, 0.25) is 0 Å². The number of aliphatic imine (C=N–C) groups is 2. The van der Waals surface area contributed by atoms with Gasteiger partial charge < -0.3 is 0 Å². The lowest BCUT2D eigenvalue weighted by molar-refractivity contribution is -0.0328. The Kier molecular flexibility index (Phi) is 5.33. The van der Waals surface area contributed by atoms with Crippen molar-refractivity contribution in [2.45, 2.75) is 24.3 Å². The lowest BCUT2D eigenvalue weighted by Gasteiger charge is -2.32. The van der Waals surface area contributed by atoms with Crippen LogP contribution < -0.4 is 5.32 Å². The number of nitrogens with zero attached hydrogens (tertiary/aromatic N) is 4. The molecule has 0 spiro atoms. The fourth-order valence-electron chi connectivity index (χ4n) is 2.47. The number of hydrogen-bond donors (Lipinski definition) is 1. The van der Waals surface area contributed by atoms with E-state index in [4.69, 9.17) is 11.6 Å². The summed E-state index contributed by atoms with van der Waals surface area (Å²) < 4.78 is 43.9. The van der Waals surface area contributed by atoms with E-state index in [1.165, 1.54) is 24.4 Å². The number of alkyl halides is 3. The van der Waals surface area contributed by atoms with Crippen LogP contribution in [-0.2, 0) is 12.3 Å². The van der Waals surface area contributed by atoms with Crippen LogP contribution in [0.3, 0.4) is 0 Å². The third-order valence-corrected chi connectivity index (χ3v) is 4.00. The van der Waals surface area contributed by atoms with Crippen LogP contribution in [0.15, 0.2) is 58.8 Å². The monoisotopic (exact) mass is 381 g/mol. The van der Waals surface area contributed by atoms with E-state index in [1.54, 1.807) is 24.4 Å². The second-order valence-corrected chi connectivity index (χ2v) is 6.08. The molecule has 2 aromatic heterocycles. The average Bonchev–Trinajstić information content (AvgIpc) is 2.65. The van der Waals surface area contributed by atoms with Gasteiger partial charge in [-0.2, -0.15) is 13.2 Å². The van der Waals surface area contributed by atoms with Gasteiger partial charge in [-0.25, -0.2) is 4.99 Å². The first-order chi connectivity index (χ1) is 12.4. The van der Waals surface area contributed by atoms with Crippen LogP contribution >= 0.6 is 11.6 Å². The zero-order valence-corrected chi connectivity index (χ0v) is 14.2. The largest absolute Gasteiger partial charge is 0.301 e. The standard InChI is InChI=1S/C17H15ClF3N5/c18-15-10-24-17(21,14(26-15)9-12-5-1-3-7-22-12)25-11-16(19,20)13-6-2-4-8-23-13/h1-8,10,14,25H,9,11H2. The van der Waals surface area contributed by atoms with Crippen LogP contribution in [0.5, 0.6) is 0 Å². The molecule has 0 amide bonds. The molecular weight excluding hydrogens is 367 g/mol. The van der Waals surface area contributed by atoms with Gasteiger partial charge in [0, 0.05) is 24.5 Å². The normalized spacial score (nSPS) is 22.9. The van der Waals surface area contributed by atoms with Gasteiger partial charge in [-0.1, -0.05) is 23.7 Å². The van der Waals surface area contributed by atoms with E-state index in [2.05, 4.69) is 25.3 Å². The van der Waals surface area contributed by atoms with Gasteiger partial charge in [0.05, 0.1) is 12.8 Å². The summed E-state index contributed by atoms with van der Waals surface area (Å²) in [7, 11) is 0. The van der Waals surface area contributed by atoms with Gasteiger partial charge in [0.1, 0.15) is 16.9 Å². The molecule has 3 rings (SSSR count). The Hall–Kier alpha value is -2.32. The highest BCUT2D eigenvalue weighted by Crippen LogP contribution is 2.29. The molecule has 0 saturated carbocycles. The number of aromatic nitrogens is 2. The Balaban J connectivity index is 1.76. The molecule has 0 bridgehead atoms. The van der Waals surface area contributed by atoms with Gasteiger partial charge in [0.25, 0.3) is 5.92 Å². The molecule has 1 N–H and O–H groups in total. The zero-order chi connectivity index (χ0) is 18.6. The third kappa shape index (κ3) is 4.25. The summed E-state index contributed by atoms with van der Waals surface area (Å²) in [5.41, 5.74) is 0.0850. The van der Waals surface area contributed by atoms with Crippen molar-refractivity contribution in [1.82, 2.24) is 15.3 Å². The first-order valence-corrected chi connectivity index (χ1v) is 8.18. The number of halogens is 4. The van der Waals surface area contributed by atoms with Crippen molar-refractivity contribution in [3.05, 3.63) is 60.2 Å². The number of hydrogen-bond acceptors (Lipinski definition) is 5. The Bertz CT molecular complexity index is 801. The predicted octanol–water partition coefficient (Wildman–Crippen LogP) is 3.11. The van der Waals surface area contributed by atoms with Crippen LogP contribution in [0, 0.1) is 0 Å². The van der Waals surface area contributed by atoms with Crippen molar-refractivity contribution in [1.29, 1.82) is 0 Å². The van der Waals surface area contributed by atoms with Crippen molar-refractivity contribution in [3.63, 3.8) is 0 Å². The Morgan fingerprint density at radius 3 is 2.50 bits per heavy atom. The predicted molar refractivity (Wildman–Crippen MR) is 93.5 cm³/mol. The molecule has 1 aliphatic heterocycles. The molecule has 0 fully saturated rings. The SMILES string of the molecule is FC(F)(CNC1(F)N=CC(Cl)=NC1Cc1ccccn1)c1ccccn1. The Labute approximate surface area is 153 Å². The highest BCUT2D eigenvalue weighted by Gasteiger charge is 2.44. The summed E-state index contributed by atoms with van der Waals surface area (Å²) in [6.45, 7) is -0.996. The summed E-state index contributed by atoms with van der Waals surface area (Å²) in [5.74, 6) is -5.91. The fraction of sp³-hybridized carbons (Fsp3) is 0.294. The van der Waals surface area contributed by atoms with Crippen molar-refractivity contribution < 1.29 is 13.2 Å². The topological polar surface area (TPSA) is 62.5 Å². The maximum absolute atomic E-state index is 15.3. The maximum atomic E-state index is 15.3. The molecule has 2 atom stereocenters. The minimum atomic E-state index is -3.38. The molecule has 2 unspecified atom stereocenters. The molecule has 0 aliphatic carbocycles. The number of rotatable bonds is 6. The van der Waals surface area contributed by atoms with E-state index in [0.717, 1.165) is 6.21 Å². The van der Waals surface area contributed by atoms with Gasteiger partial charge in [-0.3, -0.25) is 20.3 Å². The minimum absolute atomic E-state index is 0.00232. The molecule has 0 aromatic carbocycles. The first-order valence-electron chi connectivity index (χ1n) is 7.81. The third-order valence-electron chi connectivity index (χ3n) is 3.81. The van der Waals surface area contributed by atoms with Gasteiger partial charge in [-0.15, -0.1) is 0 Å². The molecule has 1 aliphatic rings. The van der Waals surface area contributed by atoms with Crippen LogP contribution in [-0.4, -0.2) is 39.9 Å². The molecule has 136 valence electrons. The summed E-state index contributed by atoms with van der Waals surface area (Å²) in [6.07, 6.45) is 3.85. The molecule has 2 aromatic rings. The summed E-state index contributed by atoms with van der Waals surface area (Å²) in [6, 6.07) is 8.15. The van der Waals surface area contributed by atoms with Crippen LogP contribution in [0.1, 0.15) is 11.4 Å². The highest BCUT2D eigenvalue weighted by molar-refractivity contribution is 6.80. The lowest BCUT2D eigenvalue weighted by Crippen LogP contribution is -2.54. The molecule has 0 radical (unpaired) electrons. The molecular formula is C17H15ClF3N5. The zero-order valence-electron chi connectivity index (χ0n) is 13.5. The van der Waals surface area contributed by atoms with Crippen molar-refractivity contribution in [2.24, 2.45) is 9.98 Å². The average molecular weight is 382 g/mol. The van der Waals surface area contributed by atoms with Crippen molar-refractivity contribution in [2.75, 3.05) is 6.54 Å². The Morgan fingerprint density at radius 1 is 1.12 bits per heavy atom. The summed E-state index contributed by atoms with van der Waals surface area (Å²) in [4.78, 5) is 15.4. The molecule has 26 heavy (non-hydrogen) atoms. The van der Waals surface area contributed by atoms with Gasteiger partial charge in [0.15, 0.2) is 0 Å². The quantitative estimate of drug-likeness (QED) is 0.782. The summed E-state index contributed by atoms with van der Waals surface area (Å²) in [5, 5.41) is 2.18. The first kappa shape index (κ1) is 18.5. The second-order valence-electron chi connectivity index (χ2n) is 5.70. The van der Waals surface area contributed by atoms with E-state index >= 15 is 4.39 Å². The molecule has 3 heterocycles. The fourth-order valence-corrected chi connectivity index (χ4v) is 2.63. The number of pyridine rings is 2. The van der Waals surface area contributed by atoms with E-state index < -0.39 is 30.1 Å². The van der Waals surface area contributed by atoms with Gasteiger partial charge >= 0.3 is 5.92 Å². The molecule has 0 saturated heterocycles.